The normalized spacial score (nSPS) is 13.8. The topological polar surface area (TPSA) is 32.7 Å². The summed E-state index contributed by atoms with van der Waals surface area (Å²) < 4.78 is 5.41. The molecule has 1 atom stereocenters. The number of aliphatic hydroxyl groups excluding tert-OH is 1. The molecule has 0 aliphatic heterocycles. The van der Waals surface area contributed by atoms with Crippen LogP contribution in [0.2, 0.25) is 0 Å². The Morgan fingerprint density at radius 1 is 1.28 bits per heavy atom. The van der Waals surface area contributed by atoms with Crippen molar-refractivity contribution in [2.24, 2.45) is 0 Å². The second kappa shape index (κ2) is 5.72. The van der Waals surface area contributed by atoms with Gasteiger partial charge in [-0.1, -0.05) is 26.8 Å². The Morgan fingerprint density at radius 2 is 1.89 bits per heavy atom. The number of hydrogen-bond acceptors (Lipinski definition) is 3. The largest absolute Gasteiger partial charge is 0.496 e. The highest BCUT2D eigenvalue weighted by Gasteiger charge is 2.21. The molecule has 1 unspecified atom stereocenters. The number of rotatable bonds is 4. The Hall–Kier alpha value is -1.06. The van der Waals surface area contributed by atoms with Crippen LogP contribution < -0.4 is 4.74 Å². The molecule has 0 aromatic heterocycles. The molecule has 3 nitrogen and oxygen atoms in total. The maximum Gasteiger partial charge on any atom is 0.123 e. The molecule has 0 spiro atoms. The first kappa shape index (κ1) is 15.0. The summed E-state index contributed by atoms with van der Waals surface area (Å²) in [6, 6.07) is 6.18. The molecule has 1 aromatic carbocycles. The smallest absolute Gasteiger partial charge is 0.123 e. The van der Waals surface area contributed by atoms with Crippen LogP contribution in [0.4, 0.5) is 0 Å². The molecule has 1 rings (SSSR count). The fourth-order valence-corrected chi connectivity index (χ4v) is 2.00. The molecule has 0 heterocycles. The van der Waals surface area contributed by atoms with Gasteiger partial charge in [0.05, 0.1) is 19.8 Å². The summed E-state index contributed by atoms with van der Waals surface area (Å²) >= 11 is 0. The van der Waals surface area contributed by atoms with Gasteiger partial charge in [-0.15, -0.1) is 0 Å². The monoisotopic (exact) mass is 251 g/mol. The van der Waals surface area contributed by atoms with E-state index in [9.17, 15) is 5.11 Å². The summed E-state index contributed by atoms with van der Waals surface area (Å²) in [4.78, 5) is 2.00. The van der Waals surface area contributed by atoms with E-state index in [1.165, 1.54) is 5.56 Å². The van der Waals surface area contributed by atoms with Crippen LogP contribution in [0.3, 0.4) is 0 Å². The van der Waals surface area contributed by atoms with Crippen LogP contribution in [0.15, 0.2) is 18.2 Å². The maximum absolute atomic E-state index is 9.57. The molecule has 0 saturated heterocycles. The minimum Gasteiger partial charge on any atom is -0.496 e. The van der Waals surface area contributed by atoms with Crippen molar-refractivity contribution in [3.8, 4) is 5.75 Å². The van der Waals surface area contributed by atoms with Gasteiger partial charge >= 0.3 is 0 Å². The minimum absolute atomic E-state index is 0.0396. The van der Waals surface area contributed by atoms with Gasteiger partial charge in [0.25, 0.3) is 0 Å². The number of hydrogen-bond donors (Lipinski definition) is 1. The molecule has 102 valence electrons. The molecule has 0 saturated carbocycles. The van der Waals surface area contributed by atoms with Gasteiger partial charge in [-0.25, -0.2) is 0 Å². The molecule has 0 fully saturated rings. The Labute approximate surface area is 110 Å². The lowest BCUT2D eigenvalue weighted by Crippen LogP contribution is -2.24. The first-order valence-electron chi connectivity index (χ1n) is 6.27. The van der Waals surface area contributed by atoms with Crippen LogP contribution in [0.1, 0.15) is 37.9 Å². The summed E-state index contributed by atoms with van der Waals surface area (Å²) in [7, 11) is 5.59. The van der Waals surface area contributed by atoms with Crippen molar-refractivity contribution >= 4 is 0 Å². The average molecular weight is 251 g/mol. The van der Waals surface area contributed by atoms with Crippen LogP contribution in [-0.2, 0) is 5.41 Å². The SMILES string of the molecule is COc1ccc(C(C)(C)C)cc1C(CO)N(C)C. The first-order chi connectivity index (χ1) is 8.31. The zero-order chi connectivity index (χ0) is 13.9. The molecule has 0 aliphatic carbocycles. The molecular formula is C15H25NO2. The van der Waals surface area contributed by atoms with Crippen LogP contribution in [0, 0.1) is 0 Å². The Kier molecular flexibility index (Phi) is 4.77. The quantitative estimate of drug-likeness (QED) is 0.893. The zero-order valence-electron chi connectivity index (χ0n) is 12.3. The van der Waals surface area contributed by atoms with E-state index in [1.807, 2.05) is 25.1 Å². The van der Waals surface area contributed by atoms with Crippen molar-refractivity contribution in [1.82, 2.24) is 4.90 Å². The van der Waals surface area contributed by atoms with E-state index in [0.29, 0.717) is 0 Å². The summed E-state index contributed by atoms with van der Waals surface area (Å²) in [6.45, 7) is 6.63. The lowest BCUT2D eigenvalue weighted by atomic mass is 9.85. The third-order valence-electron chi connectivity index (χ3n) is 3.25. The van der Waals surface area contributed by atoms with Gasteiger partial charge in [0.2, 0.25) is 0 Å². The number of methoxy groups -OCH3 is 1. The fourth-order valence-electron chi connectivity index (χ4n) is 2.00. The lowest BCUT2D eigenvalue weighted by Gasteiger charge is -2.27. The second-order valence-corrected chi connectivity index (χ2v) is 5.87. The van der Waals surface area contributed by atoms with Crippen LogP contribution in [0.5, 0.6) is 5.75 Å². The van der Waals surface area contributed by atoms with Gasteiger partial charge in [-0.05, 0) is 37.2 Å². The second-order valence-electron chi connectivity index (χ2n) is 5.87. The molecule has 0 bridgehead atoms. The van der Waals surface area contributed by atoms with Gasteiger partial charge in [0, 0.05) is 5.56 Å². The van der Waals surface area contributed by atoms with Gasteiger partial charge in [0.15, 0.2) is 0 Å². The highest BCUT2D eigenvalue weighted by molar-refractivity contribution is 5.41. The fraction of sp³-hybridized carbons (Fsp3) is 0.600. The van der Waals surface area contributed by atoms with Crippen molar-refractivity contribution in [2.75, 3.05) is 27.8 Å². The van der Waals surface area contributed by atoms with E-state index >= 15 is 0 Å². The van der Waals surface area contributed by atoms with E-state index in [0.717, 1.165) is 11.3 Å². The van der Waals surface area contributed by atoms with Crippen molar-refractivity contribution < 1.29 is 9.84 Å². The average Bonchev–Trinajstić information content (AvgIpc) is 2.28. The highest BCUT2D eigenvalue weighted by Crippen LogP contribution is 2.33. The number of aliphatic hydroxyl groups is 1. The zero-order valence-corrected chi connectivity index (χ0v) is 12.3. The predicted molar refractivity (Wildman–Crippen MR) is 75.2 cm³/mol. The van der Waals surface area contributed by atoms with Crippen molar-refractivity contribution in [3.05, 3.63) is 29.3 Å². The number of nitrogens with zero attached hydrogens (tertiary/aromatic N) is 1. The van der Waals surface area contributed by atoms with Crippen molar-refractivity contribution in [2.45, 2.75) is 32.2 Å². The predicted octanol–water partition coefficient (Wildman–Crippen LogP) is 2.59. The van der Waals surface area contributed by atoms with E-state index in [4.69, 9.17) is 4.74 Å². The van der Waals surface area contributed by atoms with Gasteiger partial charge in [-0.2, -0.15) is 0 Å². The molecule has 1 aromatic rings. The number of benzene rings is 1. The van der Waals surface area contributed by atoms with E-state index < -0.39 is 0 Å². The number of ether oxygens (including phenoxy) is 1. The standard InChI is InChI=1S/C15H25NO2/c1-15(2,3)11-7-8-14(18-6)12(9-11)13(10-17)16(4)5/h7-9,13,17H,10H2,1-6H3. The van der Waals surface area contributed by atoms with Crippen molar-refractivity contribution in [3.63, 3.8) is 0 Å². The molecule has 0 radical (unpaired) electrons. The van der Waals surface area contributed by atoms with E-state index in [1.54, 1.807) is 7.11 Å². The molecular weight excluding hydrogens is 226 g/mol. The van der Waals surface area contributed by atoms with Crippen LogP contribution in [-0.4, -0.2) is 37.8 Å². The lowest BCUT2D eigenvalue weighted by molar-refractivity contribution is 0.167. The van der Waals surface area contributed by atoms with Crippen LogP contribution in [0.25, 0.3) is 0 Å². The Morgan fingerprint density at radius 3 is 2.28 bits per heavy atom. The van der Waals surface area contributed by atoms with Crippen molar-refractivity contribution in [1.29, 1.82) is 0 Å². The number of likely N-dealkylation sites (N-methyl/N-ethyl adjacent to an activating group) is 1. The molecule has 18 heavy (non-hydrogen) atoms. The van der Waals surface area contributed by atoms with Gasteiger partial charge in [-0.3, -0.25) is 0 Å². The third-order valence-corrected chi connectivity index (χ3v) is 3.25. The van der Waals surface area contributed by atoms with Gasteiger partial charge in [0.1, 0.15) is 5.75 Å². The van der Waals surface area contributed by atoms with Gasteiger partial charge < -0.3 is 14.7 Å². The first-order valence-corrected chi connectivity index (χ1v) is 6.27. The Balaban J connectivity index is 3.29. The third kappa shape index (κ3) is 3.24. The molecule has 1 N–H and O–H groups in total. The minimum atomic E-state index is -0.0396. The summed E-state index contributed by atoms with van der Waals surface area (Å²) in [5.41, 5.74) is 2.38. The van der Waals surface area contributed by atoms with E-state index in [2.05, 4.69) is 32.9 Å². The van der Waals surface area contributed by atoms with Crippen LogP contribution >= 0.6 is 0 Å². The summed E-state index contributed by atoms with van der Waals surface area (Å²) in [6.07, 6.45) is 0. The molecule has 3 heteroatoms. The Bertz CT molecular complexity index is 394. The maximum atomic E-state index is 9.57. The molecule has 0 amide bonds. The molecule has 0 aliphatic rings. The highest BCUT2D eigenvalue weighted by atomic mass is 16.5. The van der Waals surface area contributed by atoms with E-state index in [-0.39, 0.29) is 18.1 Å². The summed E-state index contributed by atoms with van der Waals surface area (Å²) in [5, 5.41) is 9.57. The summed E-state index contributed by atoms with van der Waals surface area (Å²) in [5.74, 6) is 0.829.